The molecule has 0 radical (unpaired) electrons. The van der Waals surface area contributed by atoms with Gasteiger partial charge in [-0.1, -0.05) is 0 Å². The van der Waals surface area contributed by atoms with Crippen LogP contribution in [0.25, 0.3) is 10.9 Å². The number of aromatic nitrogens is 1. The smallest absolute Gasteiger partial charge is 0.253 e. The SMILES string of the molecule is COc1ccc2[nH]c(=O)c(CN(C)c3ccc(N4CCC[C@@H](O)C4)cc3)cc2c1. The number of anilines is 2. The summed E-state index contributed by atoms with van der Waals surface area (Å²) < 4.78 is 5.29. The fraction of sp³-hybridized carbons (Fsp3) is 0.348. The van der Waals surface area contributed by atoms with Crippen molar-refractivity contribution in [2.45, 2.75) is 25.5 Å². The van der Waals surface area contributed by atoms with Crippen LogP contribution < -0.4 is 20.1 Å². The molecular formula is C23H27N3O3. The van der Waals surface area contributed by atoms with Gasteiger partial charge in [-0.2, -0.15) is 0 Å². The molecule has 1 atom stereocenters. The number of β-amino-alcohol motifs (C(OH)–C–C–N with tert-alkyl or cyclic N) is 1. The van der Waals surface area contributed by atoms with Crippen LogP contribution in [0.2, 0.25) is 0 Å². The molecule has 0 amide bonds. The maximum atomic E-state index is 12.5. The van der Waals surface area contributed by atoms with Gasteiger partial charge in [-0.05, 0) is 61.4 Å². The number of hydrogen-bond acceptors (Lipinski definition) is 5. The highest BCUT2D eigenvalue weighted by Crippen LogP contribution is 2.24. The van der Waals surface area contributed by atoms with Gasteiger partial charge in [0.2, 0.25) is 0 Å². The fourth-order valence-electron chi connectivity index (χ4n) is 3.93. The van der Waals surface area contributed by atoms with E-state index in [0.717, 1.165) is 47.4 Å². The quantitative estimate of drug-likeness (QED) is 0.697. The maximum absolute atomic E-state index is 12.5. The third-order valence-electron chi connectivity index (χ3n) is 5.59. The largest absolute Gasteiger partial charge is 0.497 e. The van der Waals surface area contributed by atoms with Crippen LogP contribution >= 0.6 is 0 Å². The van der Waals surface area contributed by atoms with Gasteiger partial charge >= 0.3 is 0 Å². The Morgan fingerprint density at radius 3 is 2.72 bits per heavy atom. The van der Waals surface area contributed by atoms with Crippen molar-refractivity contribution in [2.24, 2.45) is 0 Å². The summed E-state index contributed by atoms with van der Waals surface area (Å²) in [7, 11) is 3.62. The molecule has 152 valence electrons. The zero-order valence-corrected chi connectivity index (χ0v) is 16.9. The number of aliphatic hydroxyl groups excluding tert-OH is 1. The molecular weight excluding hydrogens is 366 g/mol. The molecule has 1 fully saturated rings. The van der Waals surface area contributed by atoms with Gasteiger partial charge in [0.1, 0.15) is 5.75 Å². The van der Waals surface area contributed by atoms with Crippen LogP contribution in [-0.2, 0) is 6.54 Å². The molecule has 1 aliphatic rings. The molecule has 0 unspecified atom stereocenters. The van der Waals surface area contributed by atoms with Gasteiger partial charge in [0.05, 0.1) is 13.2 Å². The van der Waals surface area contributed by atoms with Crippen molar-refractivity contribution < 1.29 is 9.84 Å². The van der Waals surface area contributed by atoms with E-state index in [1.54, 1.807) is 7.11 Å². The van der Waals surface area contributed by atoms with E-state index in [4.69, 9.17) is 4.74 Å². The predicted molar refractivity (Wildman–Crippen MR) is 117 cm³/mol. The van der Waals surface area contributed by atoms with Crippen LogP contribution in [0, 0.1) is 0 Å². The lowest BCUT2D eigenvalue weighted by molar-refractivity contribution is 0.154. The minimum Gasteiger partial charge on any atom is -0.497 e. The van der Waals surface area contributed by atoms with Gasteiger partial charge in [-0.15, -0.1) is 0 Å². The molecule has 0 bridgehead atoms. The topological polar surface area (TPSA) is 68.8 Å². The van der Waals surface area contributed by atoms with E-state index in [2.05, 4.69) is 39.0 Å². The van der Waals surface area contributed by atoms with Crippen LogP contribution in [0.1, 0.15) is 18.4 Å². The number of nitrogens with one attached hydrogen (secondary N) is 1. The Bertz CT molecular complexity index is 1050. The van der Waals surface area contributed by atoms with Gasteiger partial charge in [0.15, 0.2) is 0 Å². The first-order chi connectivity index (χ1) is 14.0. The normalized spacial score (nSPS) is 16.8. The lowest BCUT2D eigenvalue weighted by Gasteiger charge is -2.32. The van der Waals surface area contributed by atoms with Crippen LogP contribution in [0.15, 0.2) is 53.3 Å². The van der Waals surface area contributed by atoms with Crippen molar-refractivity contribution in [3.8, 4) is 5.75 Å². The van der Waals surface area contributed by atoms with E-state index in [1.807, 2.05) is 31.3 Å². The number of H-pyrrole nitrogens is 1. The Balaban J connectivity index is 1.52. The standard InChI is InChI=1S/C23H27N3O3/c1-25(18-5-7-19(8-6-18)26-11-3-4-20(27)15-26)14-17-12-16-13-21(29-2)9-10-22(16)24-23(17)28/h5-10,12-13,20,27H,3-4,11,14-15H2,1-2H3,(H,24,28)/t20-/m1/s1. The number of rotatable bonds is 5. The average Bonchev–Trinajstić information content (AvgIpc) is 2.74. The molecule has 0 saturated carbocycles. The number of fused-ring (bicyclic) bond motifs is 1. The first-order valence-corrected chi connectivity index (χ1v) is 9.97. The molecule has 6 heteroatoms. The minimum atomic E-state index is -0.246. The highest BCUT2D eigenvalue weighted by molar-refractivity contribution is 5.80. The number of aromatic amines is 1. The zero-order chi connectivity index (χ0) is 20.4. The van der Waals surface area contributed by atoms with E-state index in [-0.39, 0.29) is 11.7 Å². The molecule has 1 aromatic heterocycles. The van der Waals surface area contributed by atoms with Crippen molar-refractivity contribution in [1.82, 2.24) is 4.98 Å². The van der Waals surface area contributed by atoms with Gasteiger partial charge < -0.3 is 24.6 Å². The van der Waals surface area contributed by atoms with Crippen molar-refractivity contribution in [3.63, 3.8) is 0 Å². The van der Waals surface area contributed by atoms with Crippen molar-refractivity contribution >= 4 is 22.3 Å². The lowest BCUT2D eigenvalue weighted by Crippen LogP contribution is -2.38. The van der Waals surface area contributed by atoms with Crippen LogP contribution in [0.5, 0.6) is 5.75 Å². The second-order valence-corrected chi connectivity index (χ2v) is 7.69. The number of pyridine rings is 1. The second-order valence-electron chi connectivity index (χ2n) is 7.69. The van der Waals surface area contributed by atoms with Crippen molar-refractivity contribution in [3.05, 3.63) is 64.4 Å². The Morgan fingerprint density at radius 1 is 1.21 bits per heavy atom. The number of benzene rings is 2. The highest BCUT2D eigenvalue weighted by Gasteiger charge is 2.18. The summed E-state index contributed by atoms with van der Waals surface area (Å²) in [5.41, 5.74) is 3.59. The third-order valence-corrected chi connectivity index (χ3v) is 5.59. The molecule has 4 rings (SSSR count). The molecule has 6 nitrogen and oxygen atoms in total. The summed E-state index contributed by atoms with van der Waals surface area (Å²) in [5.74, 6) is 0.766. The molecule has 2 aromatic carbocycles. The average molecular weight is 393 g/mol. The van der Waals surface area contributed by atoms with Gasteiger partial charge in [-0.25, -0.2) is 0 Å². The Labute approximate surface area is 170 Å². The maximum Gasteiger partial charge on any atom is 0.253 e. The summed E-state index contributed by atoms with van der Waals surface area (Å²) in [6.45, 7) is 2.16. The second kappa shape index (κ2) is 8.17. The van der Waals surface area contributed by atoms with Gasteiger partial charge in [-0.3, -0.25) is 4.79 Å². The summed E-state index contributed by atoms with van der Waals surface area (Å²) in [5, 5.41) is 10.8. The molecule has 0 aliphatic carbocycles. The summed E-state index contributed by atoms with van der Waals surface area (Å²) >= 11 is 0. The van der Waals surface area contributed by atoms with Crippen molar-refractivity contribution in [2.75, 3.05) is 37.0 Å². The number of hydrogen-bond donors (Lipinski definition) is 2. The van der Waals surface area contributed by atoms with Crippen LogP contribution in [0.4, 0.5) is 11.4 Å². The number of piperidine rings is 1. The lowest BCUT2D eigenvalue weighted by atomic mass is 10.1. The minimum absolute atomic E-state index is 0.0755. The molecule has 3 aromatic rings. The number of ether oxygens (including phenoxy) is 1. The molecule has 0 spiro atoms. The zero-order valence-electron chi connectivity index (χ0n) is 16.9. The summed E-state index contributed by atoms with van der Waals surface area (Å²) in [4.78, 5) is 19.7. The fourth-order valence-corrected chi connectivity index (χ4v) is 3.93. The Morgan fingerprint density at radius 2 is 2.00 bits per heavy atom. The highest BCUT2D eigenvalue weighted by atomic mass is 16.5. The summed E-state index contributed by atoms with van der Waals surface area (Å²) in [6.07, 6.45) is 1.64. The van der Waals surface area contributed by atoms with E-state index in [0.29, 0.717) is 18.7 Å². The van der Waals surface area contributed by atoms with E-state index < -0.39 is 0 Å². The van der Waals surface area contributed by atoms with Crippen LogP contribution in [-0.4, -0.2) is 43.4 Å². The Hall–Kier alpha value is -2.99. The molecule has 29 heavy (non-hydrogen) atoms. The van der Waals surface area contributed by atoms with Crippen LogP contribution in [0.3, 0.4) is 0 Å². The third kappa shape index (κ3) is 4.22. The van der Waals surface area contributed by atoms with Gasteiger partial charge in [0.25, 0.3) is 5.56 Å². The van der Waals surface area contributed by atoms with Gasteiger partial charge in [0, 0.05) is 54.5 Å². The summed E-state index contributed by atoms with van der Waals surface area (Å²) in [6, 6.07) is 15.8. The first-order valence-electron chi connectivity index (χ1n) is 9.97. The molecule has 1 aliphatic heterocycles. The molecule has 1 saturated heterocycles. The van der Waals surface area contributed by atoms with Crippen molar-refractivity contribution in [1.29, 1.82) is 0 Å². The van der Waals surface area contributed by atoms with E-state index in [9.17, 15) is 9.90 Å². The van der Waals surface area contributed by atoms with E-state index >= 15 is 0 Å². The number of nitrogens with zero attached hydrogens (tertiary/aromatic N) is 2. The number of methoxy groups -OCH3 is 1. The van der Waals surface area contributed by atoms with E-state index in [1.165, 1.54) is 0 Å². The molecule has 2 N–H and O–H groups in total. The number of aliphatic hydroxyl groups is 1. The monoisotopic (exact) mass is 393 g/mol. The molecule has 2 heterocycles. The first kappa shape index (κ1) is 19.3. The Kier molecular flexibility index (Phi) is 5.45. The predicted octanol–water partition coefficient (Wildman–Crippen LogP) is 3.13.